The number of hydrogen-bond donors (Lipinski definition) is 1. The Bertz CT molecular complexity index is 216. The Morgan fingerprint density at radius 1 is 1.53 bits per heavy atom. The first-order valence-corrected chi connectivity index (χ1v) is 5.95. The number of likely N-dealkylation sites (tertiary alicyclic amines) is 1. The average molecular weight is 213 g/mol. The number of aliphatic carboxylic acids is 1. The molecule has 88 valence electrons. The van der Waals surface area contributed by atoms with Crippen LogP contribution in [0.1, 0.15) is 40.0 Å². The van der Waals surface area contributed by atoms with Crippen LogP contribution in [0.4, 0.5) is 0 Å². The van der Waals surface area contributed by atoms with E-state index in [9.17, 15) is 4.79 Å². The van der Waals surface area contributed by atoms with Crippen molar-refractivity contribution in [2.45, 2.75) is 46.1 Å². The van der Waals surface area contributed by atoms with Crippen LogP contribution in [-0.4, -0.2) is 35.1 Å². The minimum atomic E-state index is -0.658. The van der Waals surface area contributed by atoms with E-state index in [0.29, 0.717) is 24.3 Å². The van der Waals surface area contributed by atoms with Gasteiger partial charge in [0.15, 0.2) is 0 Å². The number of nitrogens with zero attached hydrogens (tertiary/aromatic N) is 1. The molecule has 0 radical (unpaired) electrons. The highest BCUT2D eigenvalue weighted by Crippen LogP contribution is 2.23. The highest BCUT2D eigenvalue weighted by atomic mass is 16.4. The second-order valence-electron chi connectivity index (χ2n) is 5.23. The predicted octanol–water partition coefficient (Wildman–Crippen LogP) is 2.22. The van der Waals surface area contributed by atoms with Gasteiger partial charge in [-0.2, -0.15) is 0 Å². The van der Waals surface area contributed by atoms with Crippen molar-refractivity contribution in [2.24, 2.45) is 11.8 Å². The summed E-state index contributed by atoms with van der Waals surface area (Å²) in [6.45, 7) is 8.65. The molecule has 1 aliphatic heterocycles. The van der Waals surface area contributed by atoms with E-state index < -0.39 is 5.97 Å². The van der Waals surface area contributed by atoms with E-state index >= 15 is 0 Å². The molecule has 0 aromatic rings. The molecule has 3 heteroatoms. The van der Waals surface area contributed by atoms with Crippen LogP contribution in [0.15, 0.2) is 0 Å². The van der Waals surface area contributed by atoms with Crippen molar-refractivity contribution in [1.82, 2.24) is 4.90 Å². The first-order valence-electron chi connectivity index (χ1n) is 5.95. The monoisotopic (exact) mass is 213 g/mol. The van der Waals surface area contributed by atoms with Crippen LogP contribution in [-0.2, 0) is 4.79 Å². The van der Waals surface area contributed by atoms with E-state index in [1.807, 2.05) is 0 Å². The molecular weight excluding hydrogens is 190 g/mol. The Labute approximate surface area is 92.5 Å². The molecule has 1 aliphatic rings. The van der Waals surface area contributed by atoms with E-state index in [2.05, 4.69) is 25.7 Å². The van der Waals surface area contributed by atoms with Gasteiger partial charge in [-0.15, -0.1) is 0 Å². The molecule has 0 aliphatic carbocycles. The van der Waals surface area contributed by atoms with Gasteiger partial charge in [0.25, 0.3) is 0 Å². The van der Waals surface area contributed by atoms with E-state index in [-0.39, 0.29) is 0 Å². The molecule has 0 amide bonds. The third-order valence-electron chi connectivity index (χ3n) is 3.22. The number of rotatable bonds is 6. The van der Waals surface area contributed by atoms with E-state index in [4.69, 9.17) is 5.11 Å². The lowest BCUT2D eigenvalue weighted by molar-refractivity contribution is -0.138. The Hall–Kier alpha value is -0.570. The predicted molar refractivity (Wildman–Crippen MR) is 60.8 cm³/mol. The minimum Gasteiger partial charge on any atom is -0.481 e. The van der Waals surface area contributed by atoms with Gasteiger partial charge in [0.05, 0.1) is 0 Å². The maximum Gasteiger partial charge on any atom is 0.303 e. The van der Waals surface area contributed by atoms with Gasteiger partial charge in [-0.25, -0.2) is 0 Å². The highest BCUT2D eigenvalue weighted by molar-refractivity contribution is 5.67. The summed E-state index contributed by atoms with van der Waals surface area (Å²) in [5.41, 5.74) is 0. The summed E-state index contributed by atoms with van der Waals surface area (Å²) in [5, 5.41) is 8.85. The van der Waals surface area contributed by atoms with Gasteiger partial charge in [0.2, 0.25) is 0 Å². The fraction of sp³-hybridized carbons (Fsp3) is 0.917. The van der Waals surface area contributed by atoms with Crippen LogP contribution in [0.25, 0.3) is 0 Å². The Balaban J connectivity index is 2.37. The first-order chi connectivity index (χ1) is 6.99. The number of carboxylic acids is 1. The fourth-order valence-corrected chi connectivity index (χ4v) is 2.31. The van der Waals surface area contributed by atoms with Crippen molar-refractivity contribution in [3.05, 3.63) is 0 Å². The van der Waals surface area contributed by atoms with Crippen molar-refractivity contribution >= 4 is 5.97 Å². The van der Waals surface area contributed by atoms with E-state index in [0.717, 1.165) is 19.5 Å². The zero-order valence-corrected chi connectivity index (χ0v) is 10.1. The maximum atomic E-state index is 10.7. The van der Waals surface area contributed by atoms with Crippen molar-refractivity contribution in [1.29, 1.82) is 0 Å². The third-order valence-corrected chi connectivity index (χ3v) is 3.22. The second-order valence-corrected chi connectivity index (χ2v) is 5.23. The quantitative estimate of drug-likeness (QED) is 0.735. The maximum absolute atomic E-state index is 10.7. The third kappa shape index (κ3) is 4.20. The smallest absolute Gasteiger partial charge is 0.303 e. The molecule has 2 atom stereocenters. The molecule has 0 spiro atoms. The van der Waals surface area contributed by atoms with E-state index in [1.165, 1.54) is 6.42 Å². The van der Waals surface area contributed by atoms with Crippen LogP contribution in [0, 0.1) is 11.8 Å². The van der Waals surface area contributed by atoms with Gasteiger partial charge < -0.3 is 10.0 Å². The van der Waals surface area contributed by atoms with Gasteiger partial charge >= 0.3 is 5.97 Å². The topological polar surface area (TPSA) is 40.5 Å². The molecule has 0 aromatic heterocycles. The lowest BCUT2D eigenvalue weighted by Crippen LogP contribution is -2.48. The SMILES string of the molecule is CC(C)CC(CC(=O)O)CN1CCC1C. The average Bonchev–Trinajstić information content (AvgIpc) is 2.09. The normalized spacial score (nSPS) is 23.9. The Morgan fingerprint density at radius 2 is 2.20 bits per heavy atom. The standard InChI is InChI=1S/C12H23NO2/c1-9(2)6-11(7-12(14)15)8-13-5-4-10(13)3/h9-11H,4-8H2,1-3H3,(H,14,15). The summed E-state index contributed by atoms with van der Waals surface area (Å²) in [6, 6.07) is 0.661. The summed E-state index contributed by atoms with van der Waals surface area (Å²) in [7, 11) is 0. The molecule has 0 bridgehead atoms. The zero-order chi connectivity index (χ0) is 11.4. The largest absolute Gasteiger partial charge is 0.481 e. The first kappa shape index (κ1) is 12.5. The molecule has 2 unspecified atom stereocenters. The van der Waals surface area contributed by atoms with Crippen molar-refractivity contribution in [3.63, 3.8) is 0 Å². The van der Waals surface area contributed by atoms with Gasteiger partial charge in [0.1, 0.15) is 0 Å². The summed E-state index contributed by atoms with van der Waals surface area (Å²) < 4.78 is 0. The second kappa shape index (κ2) is 5.50. The molecule has 1 fully saturated rings. The fourth-order valence-electron chi connectivity index (χ4n) is 2.31. The van der Waals surface area contributed by atoms with Gasteiger partial charge in [0, 0.05) is 19.0 Å². The van der Waals surface area contributed by atoms with Crippen molar-refractivity contribution < 1.29 is 9.90 Å². The van der Waals surface area contributed by atoms with Crippen LogP contribution in [0.5, 0.6) is 0 Å². The van der Waals surface area contributed by atoms with Crippen LogP contribution in [0.3, 0.4) is 0 Å². The Morgan fingerprint density at radius 3 is 2.53 bits per heavy atom. The van der Waals surface area contributed by atoms with Crippen molar-refractivity contribution in [3.8, 4) is 0 Å². The summed E-state index contributed by atoms with van der Waals surface area (Å²) in [6.07, 6.45) is 2.61. The number of hydrogen-bond acceptors (Lipinski definition) is 2. The molecule has 1 N–H and O–H groups in total. The Kier molecular flexibility index (Phi) is 4.58. The van der Waals surface area contributed by atoms with Crippen molar-refractivity contribution in [2.75, 3.05) is 13.1 Å². The van der Waals surface area contributed by atoms with Crippen LogP contribution < -0.4 is 0 Å². The lowest BCUT2D eigenvalue weighted by atomic mass is 9.91. The summed E-state index contributed by atoms with van der Waals surface area (Å²) in [5.74, 6) is 0.255. The zero-order valence-electron chi connectivity index (χ0n) is 10.1. The van der Waals surface area contributed by atoms with Gasteiger partial charge in [-0.05, 0) is 38.1 Å². The molecular formula is C12H23NO2. The number of carboxylic acid groups (broad SMARTS) is 1. The molecule has 0 saturated carbocycles. The van der Waals surface area contributed by atoms with Gasteiger partial charge in [-0.1, -0.05) is 13.8 Å². The van der Waals surface area contributed by atoms with Crippen LogP contribution in [0.2, 0.25) is 0 Å². The number of carbonyl (C=O) groups is 1. The summed E-state index contributed by atoms with van der Waals surface area (Å²) in [4.78, 5) is 13.1. The molecule has 15 heavy (non-hydrogen) atoms. The molecule has 0 aromatic carbocycles. The van der Waals surface area contributed by atoms with Gasteiger partial charge in [-0.3, -0.25) is 4.79 Å². The highest BCUT2D eigenvalue weighted by Gasteiger charge is 2.27. The summed E-state index contributed by atoms with van der Waals surface area (Å²) >= 11 is 0. The van der Waals surface area contributed by atoms with E-state index in [1.54, 1.807) is 0 Å². The van der Waals surface area contributed by atoms with Crippen LogP contribution >= 0.6 is 0 Å². The molecule has 3 nitrogen and oxygen atoms in total. The molecule has 1 heterocycles. The molecule has 1 rings (SSSR count). The molecule has 1 saturated heterocycles. The lowest BCUT2D eigenvalue weighted by Gasteiger charge is -2.41. The minimum absolute atomic E-state index is 0.321.